The van der Waals surface area contributed by atoms with Crippen molar-refractivity contribution < 1.29 is 24.5 Å². The molecular formula is C69H133NO5. The van der Waals surface area contributed by atoms with E-state index in [1.54, 1.807) is 0 Å². The van der Waals surface area contributed by atoms with Crippen molar-refractivity contribution in [1.82, 2.24) is 5.32 Å². The van der Waals surface area contributed by atoms with Gasteiger partial charge in [-0.05, 0) is 57.8 Å². The second-order valence-corrected chi connectivity index (χ2v) is 23.5. The van der Waals surface area contributed by atoms with E-state index < -0.39 is 12.1 Å². The van der Waals surface area contributed by atoms with Gasteiger partial charge in [0.05, 0.1) is 25.4 Å². The minimum Gasteiger partial charge on any atom is -0.466 e. The van der Waals surface area contributed by atoms with E-state index in [0.717, 1.165) is 44.9 Å². The number of aliphatic hydroxyl groups is 2. The number of unbranched alkanes of at least 4 members (excludes halogenated alkanes) is 49. The number of carbonyl (C=O) groups excluding carboxylic acids is 2. The molecule has 0 aliphatic rings. The molecule has 2 unspecified atom stereocenters. The molecule has 6 heteroatoms. The maximum absolute atomic E-state index is 12.5. The lowest BCUT2D eigenvalue weighted by atomic mass is 10.0. The molecule has 1 amide bonds. The van der Waals surface area contributed by atoms with Crippen LogP contribution in [0.3, 0.4) is 0 Å². The number of ether oxygens (including phenoxy) is 1. The summed E-state index contributed by atoms with van der Waals surface area (Å²) in [6.07, 6.45) is 80.8. The van der Waals surface area contributed by atoms with Crippen molar-refractivity contribution in [2.24, 2.45) is 0 Å². The lowest BCUT2D eigenvalue weighted by Crippen LogP contribution is -2.45. The fraction of sp³-hybridized carbons (Fsp3) is 0.913. The van der Waals surface area contributed by atoms with Crippen molar-refractivity contribution in [3.63, 3.8) is 0 Å². The van der Waals surface area contributed by atoms with E-state index in [1.807, 2.05) is 0 Å². The average molecular weight is 1060 g/mol. The van der Waals surface area contributed by atoms with Crippen LogP contribution in [0.2, 0.25) is 0 Å². The maximum Gasteiger partial charge on any atom is 0.305 e. The first-order chi connectivity index (χ1) is 37.0. The van der Waals surface area contributed by atoms with Gasteiger partial charge in [-0.3, -0.25) is 9.59 Å². The molecule has 0 radical (unpaired) electrons. The zero-order valence-electron chi connectivity index (χ0n) is 50.8. The monoisotopic (exact) mass is 1060 g/mol. The molecule has 444 valence electrons. The van der Waals surface area contributed by atoms with E-state index in [9.17, 15) is 19.8 Å². The number of nitrogens with one attached hydrogen (secondary N) is 1. The van der Waals surface area contributed by atoms with Crippen molar-refractivity contribution in [3.05, 3.63) is 24.3 Å². The van der Waals surface area contributed by atoms with Crippen LogP contribution in [0.1, 0.15) is 380 Å². The molecule has 6 nitrogen and oxygen atoms in total. The Labute approximate surface area is 469 Å². The van der Waals surface area contributed by atoms with Gasteiger partial charge in [-0.2, -0.15) is 0 Å². The summed E-state index contributed by atoms with van der Waals surface area (Å²) < 4.78 is 5.51. The molecule has 0 heterocycles. The molecule has 0 aromatic heterocycles. The topological polar surface area (TPSA) is 95.9 Å². The number of carbonyl (C=O) groups is 2. The van der Waals surface area contributed by atoms with Crippen LogP contribution in [0.15, 0.2) is 24.3 Å². The van der Waals surface area contributed by atoms with Gasteiger partial charge in [0, 0.05) is 12.8 Å². The quantitative estimate of drug-likeness (QED) is 0.0320. The molecule has 2 atom stereocenters. The summed E-state index contributed by atoms with van der Waals surface area (Å²) in [6.45, 7) is 4.97. The van der Waals surface area contributed by atoms with E-state index in [2.05, 4.69) is 43.5 Å². The molecule has 0 spiro atoms. The van der Waals surface area contributed by atoms with Crippen molar-refractivity contribution in [3.8, 4) is 0 Å². The van der Waals surface area contributed by atoms with E-state index in [0.29, 0.717) is 25.9 Å². The van der Waals surface area contributed by atoms with Crippen molar-refractivity contribution in [2.75, 3.05) is 13.2 Å². The zero-order chi connectivity index (χ0) is 54.3. The molecule has 0 saturated heterocycles. The molecule has 0 aromatic rings. The number of esters is 1. The summed E-state index contributed by atoms with van der Waals surface area (Å²) in [4.78, 5) is 24.6. The first-order valence-electron chi connectivity index (χ1n) is 34.1. The first-order valence-corrected chi connectivity index (χ1v) is 34.1. The summed E-state index contributed by atoms with van der Waals surface area (Å²) in [5.74, 6) is -0.0211. The Morgan fingerprint density at radius 2 is 0.667 bits per heavy atom. The maximum atomic E-state index is 12.5. The molecule has 0 aliphatic heterocycles. The highest BCUT2D eigenvalue weighted by Gasteiger charge is 2.20. The second kappa shape index (κ2) is 64.9. The Hall–Kier alpha value is -1.66. The van der Waals surface area contributed by atoms with Gasteiger partial charge in [-0.1, -0.05) is 334 Å². The third-order valence-corrected chi connectivity index (χ3v) is 16.0. The van der Waals surface area contributed by atoms with Crippen LogP contribution in [0.5, 0.6) is 0 Å². The zero-order valence-corrected chi connectivity index (χ0v) is 50.8. The number of aliphatic hydroxyl groups excluding tert-OH is 2. The van der Waals surface area contributed by atoms with E-state index >= 15 is 0 Å². The predicted molar refractivity (Wildman–Crippen MR) is 329 cm³/mol. The highest BCUT2D eigenvalue weighted by Crippen LogP contribution is 2.18. The minimum atomic E-state index is -0.665. The fourth-order valence-electron chi connectivity index (χ4n) is 10.8. The first kappa shape index (κ1) is 73.3. The number of allylic oxidation sites excluding steroid dienone is 4. The molecule has 0 aliphatic carbocycles. The fourth-order valence-corrected chi connectivity index (χ4v) is 10.8. The number of amides is 1. The molecule has 0 bridgehead atoms. The molecule has 0 fully saturated rings. The Bertz CT molecular complexity index is 1170. The Balaban J connectivity index is 3.38. The summed E-state index contributed by atoms with van der Waals surface area (Å²) in [5, 5.41) is 23.2. The van der Waals surface area contributed by atoms with Crippen LogP contribution in [-0.2, 0) is 14.3 Å². The summed E-state index contributed by atoms with van der Waals surface area (Å²) in [5.41, 5.74) is 0. The lowest BCUT2D eigenvalue weighted by Gasteiger charge is -2.22. The number of hydrogen-bond acceptors (Lipinski definition) is 5. The molecular weight excluding hydrogens is 923 g/mol. The third kappa shape index (κ3) is 61.4. The van der Waals surface area contributed by atoms with E-state index in [-0.39, 0.29) is 18.5 Å². The summed E-state index contributed by atoms with van der Waals surface area (Å²) >= 11 is 0. The van der Waals surface area contributed by atoms with Gasteiger partial charge in [0.1, 0.15) is 0 Å². The lowest BCUT2D eigenvalue weighted by molar-refractivity contribution is -0.143. The Kier molecular flexibility index (Phi) is 63.4. The van der Waals surface area contributed by atoms with Crippen LogP contribution >= 0.6 is 0 Å². The number of rotatable bonds is 64. The van der Waals surface area contributed by atoms with Crippen molar-refractivity contribution in [1.29, 1.82) is 0 Å². The molecule has 0 saturated carbocycles. The van der Waals surface area contributed by atoms with Crippen LogP contribution in [0.4, 0.5) is 0 Å². The molecule has 0 rings (SSSR count). The van der Waals surface area contributed by atoms with E-state index in [1.165, 1.54) is 302 Å². The van der Waals surface area contributed by atoms with Crippen molar-refractivity contribution in [2.45, 2.75) is 392 Å². The smallest absolute Gasteiger partial charge is 0.305 e. The van der Waals surface area contributed by atoms with Crippen LogP contribution in [0.25, 0.3) is 0 Å². The molecule has 75 heavy (non-hydrogen) atoms. The Morgan fingerprint density at radius 3 is 1.01 bits per heavy atom. The average Bonchev–Trinajstić information content (AvgIpc) is 3.41. The van der Waals surface area contributed by atoms with Crippen LogP contribution < -0.4 is 5.32 Å². The molecule has 0 aromatic carbocycles. The van der Waals surface area contributed by atoms with Gasteiger partial charge in [0.25, 0.3) is 0 Å². The summed E-state index contributed by atoms with van der Waals surface area (Å²) in [7, 11) is 0. The second-order valence-electron chi connectivity index (χ2n) is 23.5. The predicted octanol–water partition coefficient (Wildman–Crippen LogP) is 21.8. The Morgan fingerprint density at radius 1 is 0.373 bits per heavy atom. The highest BCUT2D eigenvalue weighted by molar-refractivity contribution is 5.76. The number of hydrogen-bond donors (Lipinski definition) is 3. The largest absolute Gasteiger partial charge is 0.466 e. The van der Waals surface area contributed by atoms with Crippen molar-refractivity contribution >= 4 is 11.9 Å². The van der Waals surface area contributed by atoms with Gasteiger partial charge in [-0.15, -0.1) is 0 Å². The normalized spacial score (nSPS) is 12.6. The summed E-state index contributed by atoms with van der Waals surface area (Å²) in [6, 6.07) is -0.543. The third-order valence-electron chi connectivity index (χ3n) is 16.0. The highest BCUT2D eigenvalue weighted by atomic mass is 16.5. The van der Waals surface area contributed by atoms with Gasteiger partial charge in [0.2, 0.25) is 5.91 Å². The van der Waals surface area contributed by atoms with E-state index in [4.69, 9.17) is 4.74 Å². The van der Waals surface area contributed by atoms with Gasteiger partial charge < -0.3 is 20.3 Å². The van der Waals surface area contributed by atoms with Gasteiger partial charge >= 0.3 is 5.97 Å². The van der Waals surface area contributed by atoms with Crippen LogP contribution in [-0.4, -0.2) is 47.4 Å². The SMILES string of the molecule is CCCCCCCCCCCCCCCCCCCCCC(=O)OCCCCCCCCCCC/C=C\C/C=C\CCCCCCCCCCCCCC(=O)NC(CO)C(O)CCCCCCCCCCCCCC. The van der Waals surface area contributed by atoms with Crippen LogP contribution in [0, 0.1) is 0 Å². The van der Waals surface area contributed by atoms with Gasteiger partial charge in [-0.25, -0.2) is 0 Å². The molecule has 3 N–H and O–H groups in total. The standard InChI is InChI=1S/C69H133NO5/c1-3-5-7-9-11-13-15-17-18-19-29-33-36-39-43-47-51-55-59-63-69(74)75-64-60-56-52-48-44-40-37-34-31-28-26-24-22-20-21-23-25-27-30-32-35-38-42-46-50-54-58-62-68(73)70-66(65-71)67(72)61-57-53-49-45-41-16-14-12-10-8-6-4-2/h20-21,24,26,66-67,71-72H,3-19,22-23,25,27-65H2,1-2H3,(H,70,73)/b21-20-,26-24-. The van der Waals surface area contributed by atoms with Gasteiger partial charge in [0.15, 0.2) is 0 Å². The minimum absolute atomic E-state index is 0.0160.